The van der Waals surface area contributed by atoms with Gasteiger partial charge in [-0.05, 0) is 38.1 Å². The van der Waals surface area contributed by atoms with Crippen LogP contribution in [0.25, 0.3) is 16.6 Å². The highest BCUT2D eigenvalue weighted by atomic mass is 19.1. The van der Waals surface area contributed by atoms with Gasteiger partial charge in [0, 0.05) is 11.6 Å². The third-order valence-electron chi connectivity index (χ3n) is 6.16. The van der Waals surface area contributed by atoms with Gasteiger partial charge in [0.1, 0.15) is 11.7 Å². The Morgan fingerprint density at radius 3 is 2.55 bits per heavy atom. The van der Waals surface area contributed by atoms with E-state index in [1.807, 2.05) is 6.07 Å². The van der Waals surface area contributed by atoms with E-state index in [4.69, 9.17) is 4.74 Å². The van der Waals surface area contributed by atoms with Crippen LogP contribution in [0.5, 0.6) is 11.8 Å². The molecule has 0 unspecified atom stereocenters. The predicted molar refractivity (Wildman–Crippen MR) is 97.0 cm³/mol. The number of hydrogen-bond acceptors (Lipinski definition) is 7. The highest BCUT2D eigenvalue weighted by molar-refractivity contribution is 5.92. The molecule has 4 heterocycles. The van der Waals surface area contributed by atoms with Crippen molar-refractivity contribution >= 4 is 10.9 Å². The molecule has 8 nitrogen and oxygen atoms in total. The van der Waals surface area contributed by atoms with E-state index >= 15 is 0 Å². The van der Waals surface area contributed by atoms with E-state index in [1.165, 1.54) is 32.2 Å². The van der Waals surface area contributed by atoms with Crippen molar-refractivity contribution in [2.24, 2.45) is 0 Å². The van der Waals surface area contributed by atoms with Crippen molar-refractivity contribution in [3.8, 4) is 23.5 Å². The number of aromatic hydroxyl groups is 2. The van der Waals surface area contributed by atoms with E-state index in [0.29, 0.717) is 22.2 Å². The van der Waals surface area contributed by atoms with Crippen LogP contribution in [0.4, 0.5) is 4.39 Å². The maximum atomic E-state index is 14.9. The molecule has 1 fully saturated rings. The number of benzene rings is 1. The fourth-order valence-electron chi connectivity index (χ4n) is 4.73. The number of ether oxygens (including phenoxy) is 1. The summed E-state index contributed by atoms with van der Waals surface area (Å²) in [4.78, 5) is 4.20. The molecule has 2 aromatic heterocycles. The number of aliphatic hydroxyl groups is 2. The van der Waals surface area contributed by atoms with Crippen molar-refractivity contribution in [3.63, 3.8) is 0 Å². The highest BCUT2D eigenvalue weighted by Crippen LogP contribution is 2.67. The average Bonchev–Trinajstić information content (AvgIpc) is 3.16. The standard InChI is InChI=1S/C20H16FN3O5/c1-18-12-13(19(2,29-18)20(27,28)17(18)21)16(26)24(15(12)25)11-6-5-9(8-22)14-10(11)4-3-7-23-14/h3-7,17,25-28H,1-2H3/t17-,18-,19+/m0/s1. The van der Waals surface area contributed by atoms with Gasteiger partial charge in [-0.2, -0.15) is 5.26 Å². The smallest absolute Gasteiger partial charge is 0.232 e. The number of hydrogen-bond donors (Lipinski definition) is 4. The highest BCUT2D eigenvalue weighted by Gasteiger charge is 2.77. The van der Waals surface area contributed by atoms with Crippen LogP contribution in [-0.2, 0) is 15.9 Å². The third kappa shape index (κ3) is 1.75. The summed E-state index contributed by atoms with van der Waals surface area (Å²) in [7, 11) is 0. The summed E-state index contributed by atoms with van der Waals surface area (Å²) < 4.78 is 21.6. The Hall–Kier alpha value is -3.19. The third-order valence-corrected chi connectivity index (χ3v) is 6.16. The second kappa shape index (κ2) is 5.04. The first-order chi connectivity index (χ1) is 13.6. The van der Waals surface area contributed by atoms with E-state index in [1.54, 1.807) is 12.1 Å². The van der Waals surface area contributed by atoms with Gasteiger partial charge in [-0.3, -0.25) is 9.55 Å². The van der Waals surface area contributed by atoms with Gasteiger partial charge in [-0.1, -0.05) is 0 Å². The lowest BCUT2D eigenvalue weighted by Gasteiger charge is -2.35. The summed E-state index contributed by atoms with van der Waals surface area (Å²) in [6.45, 7) is 2.54. The molecule has 0 aliphatic carbocycles. The minimum Gasteiger partial charge on any atom is -0.494 e. The Morgan fingerprint density at radius 1 is 1.17 bits per heavy atom. The zero-order valence-electron chi connectivity index (χ0n) is 15.4. The van der Waals surface area contributed by atoms with Crippen LogP contribution in [-0.4, -0.2) is 41.9 Å². The molecule has 1 saturated heterocycles. The molecule has 29 heavy (non-hydrogen) atoms. The molecule has 3 atom stereocenters. The van der Waals surface area contributed by atoms with Gasteiger partial charge in [0.15, 0.2) is 11.8 Å². The first-order valence-corrected chi connectivity index (χ1v) is 8.84. The zero-order chi connectivity index (χ0) is 20.9. The molecule has 0 saturated carbocycles. The molecule has 5 rings (SSSR count). The van der Waals surface area contributed by atoms with Gasteiger partial charge in [0.2, 0.25) is 17.5 Å². The minimum absolute atomic E-state index is 0.0508. The number of nitriles is 1. The molecule has 0 spiro atoms. The molecular formula is C20H16FN3O5. The Morgan fingerprint density at radius 2 is 1.86 bits per heavy atom. The second-order valence-corrected chi connectivity index (χ2v) is 7.71. The Bertz CT molecular complexity index is 1260. The van der Waals surface area contributed by atoms with Crippen LogP contribution in [0.2, 0.25) is 0 Å². The van der Waals surface area contributed by atoms with E-state index in [0.717, 1.165) is 4.57 Å². The van der Waals surface area contributed by atoms with Gasteiger partial charge in [0.05, 0.1) is 27.9 Å². The van der Waals surface area contributed by atoms with Gasteiger partial charge < -0.3 is 25.2 Å². The van der Waals surface area contributed by atoms with Crippen LogP contribution in [0.1, 0.15) is 30.5 Å². The maximum absolute atomic E-state index is 14.9. The van der Waals surface area contributed by atoms with Crippen molar-refractivity contribution in [2.75, 3.05) is 0 Å². The summed E-state index contributed by atoms with van der Waals surface area (Å²) in [5.74, 6) is -3.91. The van der Waals surface area contributed by atoms with Crippen LogP contribution in [0.3, 0.4) is 0 Å². The lowest BCUT2D eigenvalue weighted by Crippen LogP contribution is -2.55. The lowest BCUT2D eigenvalue weighted by atomic mass is 9.74. The molecule has 0 radical (unpaired) electrons. The average molecular weight is 397 g/mol. The summed E-state index contributed by atoms with van der Waals surface area (Å²) in [5, 5.41) is 52.5. The quantitative estimate of drug-likeness (QED) is 0.460. The second-order valence-electron chi connectivity index (χ2n) is 7.71. The number of nitrogens with zero attached hydrogens (tertiary/aromatic N) is 3. The van der Waals surface area contributed by atoms with Crippen LogP contribution in [0, 0.1) is 11.3 Å². The van der Waals surface area contributed by atoms with Gasteiger partial charge in [0.25, 0.3) is 0 Å². The molecule has 2 bridgehead atoms. The number of aromatic nitrogens is 2. The summed E-state index contributed by atoms with van der Waals surface area (Å²) in [5.41, 5.74) is -3.06. The van der Waals surface area contributed by atoms with Gasteiger partial charge in [-0.15, -0.1) is 0 Å². The molecule has 4 N–H and O–H groups in total. The van der Waals surface area contributed by atoms with E-state index in [-0.39, 0.29) is 11.1 Å². The molecule has 148 valence electrons. The maximum Gasteiger partial charge on any atom is 0.232 e. The van der Waals surface area contributed by atoms with E-state index in [9.17, 15) is 30.1 Å². The molecule has 2 aliphatic heterocycles. The number of rotatable bonds is 1. The summed E-state index contributed by atoms with van der Waals surface area (Å²) in [6, 6.07) is 8.34. The number of pyridine rings is 1. The van der Waals surface area contributed by atoms with E-state index < -0.39 is 34.9 Å². The molecule has 2 aliphatic rings. The predicted octanol–water partition coefficient (Wildman–Crippen LogP) is 1.80. The van der Waals surface area contributed by atoms with E-state index in [2.05, 4.69) is 4.98 Å². The molecule has 3 aromatic rings. The Balaban J connectivity index is 1.87. The normalized spacial score (nSPS) is 29.2. The van der Waals surface area contributed by atoms with Crippen molar-refractivity contribution < 1.29 is 29.6 Å². The first kappa shape index (κ1) is 17.9. The summed E-state index contributed by atoms with van der Waals surface area (Å²) >= 11 is 0. The first-order valence-electron chi connectivity index (χ1n) is 8.84. The van der Waals surface area contributed by atoms with Gasteiger partial charge >= 0.3 is 0 Å². The molecule has 1 aromatic carbocycles. The molecule has 9 heteroatoms. The molecular weight excluding hydrogens is 381 g/mol. The lowest BCUT2D eigenvalue weighted by molar-refractivity contribution is -0.258. The van der Waals surface area contributed by atoms with Crippen molar-refractivity contribution in [2.45, 2.75) is 37.0 Å². The Kier molecular flexibility index (Phi) is 3.11. The minimum atomic E-state index is -2.90. The Labute approximate surface area is 163 Å². The van der Waals surface area contributed by atoms with Crippen molar-refractivity contribution in [1.29, 1.82) is 5.26 Å². The van der Waals surface area contributed by atoms with Crippen molar-refractivity contribution in [1.82, 2.24) is 9.55 Å². The SMILES string of the molecule is C[C@]12O[C@](C)(c3c1c(O)n(-c1ccc(C#N)c4ncccc14)c3O)C(O)(O)[C@H]2F. The zero-order valence-corrected chi connectivity index (χ0v) is 15.4. The monoisotopic (exact) mass is 397 g/mol. The number of alkyl halides is 1. The largest absolute Gasteiger partial charge is 0.494 e. The van der Waals surface area contributed by atoms with Crippen molar-refractivity contribution in [3.05, 3.63) is 47.2 Å². The fraction of sp³-hybridized carbons (Fsp3) is 0.300. The summed E-state index contributed by atoms with van der Waals surface area (Å²) in [6.07, 6.45) is -0.745. The topological polar surface area (TPSA) is 132 Å². The molecule has 0 amide bonds. The van der Waals surface area contributed by atoms with Gasteiger partial charge in [-0.25, -0.2) is 4.39 Å². The van der Waals surface area contributed by atoms with Crippen LogP contribution < -0.4 is 0 Å². The van der Waals surface area contributed by atoms with Crippen LogP contribution in [0.15, 0.2) is 30.5 Å². The number of halogens is 1. The fourth-order valence-corrected chi connectivity index (χ4v) is 4.73. The van der Waals surface area contributed by atoms with Crippen LogP contribution >= 0.6 is 0 Å². The number of fused-ring (bicyclic) bond motifs is 6.